The Labute approximate surface area is 381 Å². The molecule has 0 fully saturated rings. The first-order valence-corrected chi connectivity index (χ1v) is 28.1. The van der Waals surface area contributed by atoms with E-state index in [1.165, 1.54) is 0 Å². The van der Waals surface area contributed by atoms with Crippen LogP contribution in [0.4, 0.5) is 0 Å². The first kappa shape index (κ1) is 103. The zero-order chi connectivity index (χ0) is 54.0. The Morgan fingerprint density at radius 2 is 0.161 bits per heavy atom. The molecule has 0 radical (unpaired) electrons. The van der Waals surface area contributed by atoms with E-state index in [4.69, 9.17) is 231 Å². The van der Waals surface area contributed by atoms with Crippen LogP contribution in [-0.4, -0.2) is 166 Å². The second kappa shape index (κ2) is 45.5. The number of phosphoric acid groups is 12. The van der Waals surface area contributed by atoms with Gasteiger partial charge in [-0.1, -0.05) is 0 Å². The molecule has 0 saturated carbocycles. The van der Waals surface area contributed by atoms with Crippen LogP contribution in [0.15, 0.2) is 0 Å². The van der Waals surface area contributed by atoms with Crippen LogP contribution in [0.3, 0.4) is 0 Å². The molecule has 62 heteroatoms. The van der Waals surface area contributed by atoms with Crippen LogP contribution in [-0.2, 0) is 54.8 Å². The van der Waals surface area contributed by atoms with Crippen molar-refractivity contribution < 1.29 is 290 Å². The SMILES string of the molecule is O=P(O)(O)O.O=P(O)(O)O.O=P(O)(O)O.O=P(O)(O)O.O=P(O)(O)O.O=P(O)(O)O.O=P(O)(O)O.O=P(O)(O)O.O=P(O)(O)O.O=P(O)(O)O.O=P(O)(O)O.O=P([O-])([O-])O.[Na+].[Na+]. The summed E-state index contributed by atoms with van der Waals surface area (Å²) in [6.07, 6.45) is 0. The van der Waals surface area contributed by atoms with Crippen molar-refractivity contribution in [3.8, 4) is 0 Å². The summed E-state index contributed by atoms with van der Waals surface area (Å²) in [6.45, 7) is 0. The van der Waals surface area contributed by atoms with Crippen LogP contribution in [0.5, 0.6) is 0 Å². The average Bonchev–Trinajstić information content (AvgIpc) is 2.48. The average molecular weight is 1220 g/mol. The van der Waals surface area contributed by atoms with Crippen molar-refractivity contribution in [3.63, 3.8) is 0 Å². The van der Waals surface area contributed by atoms with Crippen molar-refractivity contribution in [2.45, 2.75) is 0 Å². The molecule has 0 saturated heterocycles. The van der Waals surface area contributed by atoms with Gasteiger partial charge in [0.05, 0.1) is 7.82 Å². The summed E-state index contributed by atoms with van der Waals surface area (Å²) in [7, 11) is -56.2. The van der Waals surface area contributed by atoms with Crippen molar-refractivity contribution in [1.29, 1.82) is 0 Å². The van der Waals surface area contributed by atoms with Crippen LogP contribution in [0, 0.1) is 0 Å². The summed E-state index contributed by atoms with van der Waals surface area (Å²) in [4.78, 5) is 261. The van der Waals surface area contributed by atoms with Gasteiger partial charge in [0, 0.05) is 0 Å². The van der Waals surface area contributed by atoms with Gasteiger partial charge in [0.2, 0.25) is 0 Å². The summed E-state index contributed by atoms with van der Waals surface area (Å²) in [6, 6.07) is 0. The zero-order valence-electron chi connectivity index (χ0n) is 28.3. The van der Waals surface area contributed by atoms with E-state index in [-0.39, 0.29) is 59.1 Å². The minimum absolute atomic E-state index is 0. The zero-order valence-corrected chi connectivity index (χ0v) is 43.0. The fourth-order valence-corrected chi connectivity index (χ4v) is 0. The molecule has 0 aromatic carbocycles. The van der Waals surface area contributed by atoms with E-state index in [9.17, 15) is 0 Å². The molecule has 384 valence electrons. The monoisotopic (exact) mass is 1220 g/mol. The Morgan fingerprint density at radius 3 is 0.161 bits per heavy atom. The van der Waals surface area contributed by atoms with Crippen molar-refractivity contribution >= 4 is 93.9 Å². The van der Waals surface area contributed by atoms with Gasteiger partial charge >= 0.3 is 145 Å². The van der Waals surface area contributed by atoms with Gasteiger partial charge in [-0.15, -0.1) is 0 Å². The summed E-state index contributed by atoms with van der Waals surface area (Å²) in [5.41, 5.74) is 0. The molecule has 0 amide bonds. The molecule has 0 aliphatic heterocycles. The maximum absolute atomic E-state index is 8.88. The maximum atomic E-state index is 8.88. The van der Waals surface area contributed by atoms with Gasteiger partial charge in [-0.3, -0.25) is 0 Å². The van der Waals surface area contributed by atoms with Crippen molar-refractivity contribution in [3.05, 3.63) is 0 Å². The van der Waals surface area contributed by atoms with Crippen LogP contribution < -0.4 is 68.9 Å². The largest absolute Gasteiger partial charge is 1.00 e. The molecular formula is H34Na2O48P12. The quantitative estimate of drug-likeness (QED) is 0.0791. The molecule has 48 nitrogen and oxygen atoms in total. The van der Waals surface area contributed by atoms with Gasteiger partial charge in [-0.2, -0.15) is 0 Å². The minimum Gasteiger partial charge on any atom is -0.790 e. The van der Waals surface area contributed by atoms with E-state index in [0.717, 1.165) is 0 Å². The fraction of sp³-hybridized carbons (Fsp3) is 0. The Morgan fingerprint density at radius 1 is 0.161 bits per heavy atom. The third-order valence-electron chi connectivity index (χ3n) is 0. The molecule has 0 aliphatic carbocycles. The second-order valence-corrected chi connectivity index (χ2v) is 18.3. The standard InChI is InChI=1S/2Na.12H3O4P/c;;12*1-5(2,3)4/h;;12*(H3,1,2,3,4)/q2*+1;;;;;;;;;;;;/p-2. The van der Waals surface area contributed by atoms with Crippen LogP contribution >= 0.6 is 93.9 Å². The number of hydrogen-bond acceptors (Lipinski definition) is 14. The van der Waals surface area contributed by atoms with Crippen molar-refractivity contribution in [1.82, 2.24) is 0 Å². The topological polar surface area (TPSA) is 939 Å². The Kier molecular flexibility index (Phi) is 75.2. The molecule has 0 spiro atoms. The van der Waals surface area contributed by atoms with Gasteiger partial charge in [0.1, 0.15) is 0 Å². The van der Waals surface area contributed by atoms with E-state index < -0.39 is 93.9 Å². The van der Waals surface area contributed by atoms with Gasteiger partial charge in [-0.05, 0) is 0 Å². The van der Waals surface area contributed by atoms with E-state index in [1.54, 1.807) is 0 Å². The van der Waals surface area contributed by atoms with Gasteiger partial charge in [0.15, 0.2) is 0 Å². The van der Waals surface area contributed by atoms with Gasteiger partial charge < -0.3 is 181 Å². The molecule has 0 bridgehead atoms. The summed E-state index contributed by atoms with van der Waals surface area (Å²) in [5, 5.41) is 0. The van der Waals surface area contributed by atoms with E-state index in [1.807, 2.05) is 0 Å². The molecule has 62 heavy (non-hydrogen) atoms. The molecule has 0 rings (SSSR count). The number of rotatable bonds is 0. The molecule has 0 heterocycles. The molecule has 34 N–H and O–H groups in total. The summed E-state index contributed by atoms with van der Waals surface area (Å²) < 4.78 is 106. The van der Waals surface area contributed by atoms with Gasteiger partial charge in [-0.25, -0.2) is 50.2 Å². The summed E-state index contributed by atoms with van der Waals surface area (Å²) >= 11 is 0. The van der Waals surface area contributed by atoms with Crippen molar-refractivity contribution in [2.75, 3.05) is 0 Å². The molecule has 0 unspecified atom stereocenters. The van der Waals surface area contributed by atoms with Crippen LogP contribution in [0.2, 0.25) is 0 Å². The first-order chi connectivity index (χ1) is 24.0. The third-order valence-corrected chi connectivity index (χ3v) is 0. The Balaban J connectivity index is -0.0000000337. The smallest absolute Gasteiger partial charge is 0.790 e. The Bertz CT molecular complexity index is 1040. The fourth-order valence-electron chi connectivity index (χ4n) is 0. The molecule has 0 aliphatic rings. The predicted octanol–water partition coefficient (Wildman–Crippen LogP) is -18.4. The van der Waals surface area contributed by atoms with E-state index >= 15 is 0 Å². The molecule has 0 atom stereocenters. The third kappa shape index (κ3) is 22300. The van der Waals surface area contributed by atoms with Crippen molar-refractivity contribution in [2.24, 2.45) is 0 Å². The predicted molar refractivity (Wildman–Crippen MR) is 167 cm³/mol. The minimum atomic E-state index is -5.14. The molecule has 0 aromatic heterocycles. The van der Waals surface area contributed by atoms with Crippen LogP contribution in [0.1, 0.15) is 0 Å². The second-order valence-electron chi connectivity index (χ2n) is 6.11. The van der Waals surface area contributed by atoms with Gasteiger partial charge in [0.25, 0.3) is 0 Å². The molecular weight excluding hydrogens is 1190 g/mol. The molecule has 0 aromatic rings. The van der Waals surface area contributed by atoms with E-state index in [0.29, 0.717) is 0 Å². The number of hydrogen-bond donors (Lipinski definition) is 34. The van der Waals surface area contributed by atoms with Crippen LogP contribution in [0.25, 0.3) is 0 Å². The maximum Gasteiger partial charge on any atom is 1.00 e. The normalized spacial score (nSPS) is 11.4. The first-order valence-electron chi connectivity index (χ1n) is 9.36. The Hall–Kier alpha value is 3.32. The summed E-state index contributed by atoms with van der Waals surface area (Å²) in [5.74, 6) is 0. The van der Waals surface area contributed by atoms with E-state index in [2.05, 4.69) is 0 Å².